The van der Waals surface area contributed by atoms with Crippen LogP contribution in [0.5, 0.6) is 5.75 Å². The van der Waals surface area contributed by atoms with E-state index in [2.05, 4.69) is 14.9 Å². The minimum absolute atomic E-state index is 0.168. The molecule has 5 heteroatoms. The molecule has 1 aliphatic heterocycles. The summed E-state index contributed by atoms with van der Waals surface area (Å²) in [5.74, 6) is 0.168. The summed E-state index contributed by atoms with van der Waals surface area (Å²) < 4.78 is 5.30. The van der Waals surface area contributed by atoms with Gasteiger partial charge in [0.25, 0.3) is 0 Å². The van der Waals surface area contributed by atoms with Gasteiger partial charge in [0, 0.05) is 26.7 Å². The molecule has 0 unspecified atom stereocenters. The zero-order chi connectivity index (χ0) is 12.1. The van der Waals surface area contributed by atoms with E-state index in [1.54, 1.807) is 19.3 Å². The van der Waals surface area contributed by atoms with Crippen molar-refractivity contribution in [3.05, 3.63) is 23.5 Å². The first-order valence-corrected chi connectivity index (χ1v) is 5.71. The van der Waals surface area contributed by atoms with Crippen molar-refractivity contribution in [2.45, 2.75) is 6.54 Å². The Morgan fingerprint density at radius 2 is 2.24 bits per heavy atom. The lowest BCUT2D eigenvalue weighted by Crippen LogP contribution is -2.35. The van der Waals surface area contributed by atoms with Gasteiger partial charge in [0.15, 0.2) is 0 Å². The highest BCUT2D eigenvalue weighted by molar-refractivity contribution is 5.80. The summed E-state index contributed by atoms with van der Waals surface area (Å²) in [5, 5.41) is 9.58. The molecule has 0 spiro atoms. The fraction of sp³-hybridized carbons (Fsp3) is 0.500. The maximum atomic E-state index is 9.58. The molecule has 0 saturated carbocycles. The molecule has 0 aliphatic carbocycles. The number of pyridine rings is 1. The average molecular weight is 235 g/mol. The van der Waals surface area contributed by atoms with E-state index in [1.165, 1.54) is 0 Å². The lowest BCUT2D eigenvalue weighted by molar-refractivity contribution is 0.0336. The summed E-state index contributed by atoms with van der Waals surface area (Å²) in [7, 11) is 1.66. The minimum Gasteiger partial charge on any atom is -0.506 e. The Kier molecular flexibility index (Phi) is 4.06. The molecule has 1 N–H and O–H groups in total. The highest BCUT2D eigenvalue weighted by atomic mass is 16.5. The fourth-order valence-corrected chi connectivity index (χ4v) is 1.80. The van der Waals surface area contributed by atoms with Gasteiger partial charge in [-0.2, -0.15) is 0 Å². The predicted octanol–water partition coefficient (Wildman–Crippen LogP) is 0.668. The molecule has 0 amide bonds. The summed E-state index contributed by atoms with van der Waals surface area (Å²) in [5.41, 5.74) is 1.47. The van der Waals surface area contributed by atoms with Crippen molar-refractivity contribution in [1.82, 2.24) is 9.88 Å². The standard InChI is InChI=1S/C12H17N3O2/c1-13-8-11-12(16)3-2-10(14-11)9-15-4-6-17-7-5-15/h2-3,8,16H,4-7,9H2,1H3. The molecular weight excluding hydrogens is 218 g/mol. The molecule has 1 fully saturated rings. The van der Waals surface area contributed by atoms with Gasteiger partial charge in [-0.05, 0) is 12.1 Å². The van der Waals surface area contributed by atoms with Crippen LogP contribution in [0, 0.1) is 0 Å². The van der Waals surface area contributed by atoms with Crippen LogP contribution < -0.4 is 0 Å². The average Bonchev–Trinajstić information content (AvgIpc) is 2.35. The summed E-state index contributed by atoms with van der Waals surface area (Å²) in [6.07, 6.45) is 1.57. The summed E-state index contributed by atoms with van der Waals surface area (Å²) in [6, 6.07) is 3.51. The lowest BCUT2D eigenvalue weighted by atomic mass is 10.2. The van der Waals surface area contributed by atoms with Crippen molar-refractivity contribution in [2.75, 3.05) is 33.4 Å². The number of nitrogens with zero attached hydrogens (tertiary/aromatic N) is 3. The maximum Gasteiger partial charge on any atom is 0.142 e. The summed E-state index contributed by atoms with van der Waals surface area (Å²) >= 11 is 0. The van der Waals surface area contributed by atoms with E-state index >= 15 is 0 Å². The topological polar surface area (TPSA) is 58.0 Å². The van der Waals surface area contributed by atoms with Crippen LogP contribution in [0.1, 0.15) is 11.4 Å². The molecule has 17 heavy (non-hydrogen) atoms. The van der Waals surface area contributed by atoms with E-state index < -0.39 is 0 Å². The highest BCUT2D eigenvalue weighted by Crippen LogP contribution is 2.14. The van der Waals surface area contributed by atoms with Gasteiger partial charge in [0.1, 0.15) is 11.4 Å². The van der Waals surface area contributed by atoms with Gasteiger partial charge < -0.3 is 9.84 Å². The van der Waals surface area contributed by atoms with Gasteiger partial charge in [0.2, 0.25) is 0 Å². The van der Waals surface area contributed by atoms with Crippen LogP contribution in [-0.4, -0.2) is 54.6 Å². The molecule has 0 atom stereocenters. The molecule has 2 heterocycles. The van der Waals surface area contributed by atoms with E-state index in [0.29, 0.717) is 5.69 Å². The monoisotopic (exact) mass is 235 g/mol. The Balaban J connectivity index is 2.07. The van der Waals surface area contributed by atoms with E-state index in [1.807, 2.05) is 6.07 Å². The Morgan fingerprint density at radius 1 is 1.47 bits per heavy atom. The quantitative estimate of drug-likeness (QED) is 0.782. The van der Waals surface area contributed by atoms with E-state index in [4.69, 9.17) is 4.74 Å². The molecule has 92 valence electrons. The van der Waals surface area contributed by atoms with Gasteiger partial charge in [-0.1, -0.05) is 0 Å². The number of aromatic hydroxyl groups is 1. The first-order valence-electron chi connectivity index (χ1n) is 5.71. The molecule has 2 rings (SSSR count). The third kappa shape index (κ3) is 3.25. The molecule has 1 saturated heterocycles. The molecule has 1 aromatic rings. The summed E-state index contributed by atoms with van der Waals surface area (Å²) in [4.78, 5) is 10.5. The zero-order valence-corrected chi connectivity index (χ0v) is 9.96. The van der Waals surface area contributed by atoms with E-state index in [9.17, 15) is 5.11 Å². The van der Waals surface area contributed by atoms with Gasteiger partial charge in [-0.15, -0.1) is 0 Å². The largest absolute Gasteiger partial charge is 0.506 e. The van der Waals surface area contributed by atoms with Gasteiger partial charge >= 0.3 is 0 Å². The first kappa shape index (κ1) is 12.0. The zero-order valence-electron chi connectivity index (χ0n) is 9.96. The molecule has 1 aromatic heterocycles. The van der Waals surface area contributed by atoms with Crippen LogP contribution in [0.15, 0.2) is 17.1 Å². The lowest BCUT2D eigenvalue weighted by Gasteiger charge is -2.26. The minimum atomic E-state index is 0.168. The molecular formula is C12H17N3O2. The van der Waals surface area contributed by atoms with Crippen molar-refractivity contribution in [3.8, 4) is 5.75 Å². The van der Waals surface area contributed by atoms with Crippen LogP contribution in [0.3, 0.4) is 0 Å². The third-order valence-corrected chi connectivity index (χ3v) is 2.70. The van der Waals surface area contributed by atoms with Crippen LogP contribution in [-0.2, 0) is 11.3 Å². The van der Waals surface area contributed by atoms with Crippen LogP contribution in [0.25, 0.3) is 0 Å². The van der Waals surface area contributed by atoms with Crippen LogP contribution in [0.2, 0.25) is 0 Å². The SMILES string of the molecule is CN=Cc1nc(CN2CCOCC2)ccc1O. The second-order valence-electron chi connectivity index (χ2n) is 3.98. The second-order valence-corrected chi connectivity index (χ2v) is 3.98. The number of hydrogen-bond acceptors (Lipinski definition) is 5. The van der Waals surface area contributed by atoms with Crippen LogP contribution in [0.4, 0.5) is 0 Å². The molecule has 0 aromatic carbocycles. The summed E-state index contributed by atoms with van der Waals surface area (Å²) in [6.45, 7) is 4.20. The maximum absolute atomic E-state index is 9.58. The number of ether oxygens (including phenoxy) is 1. The highest BCUT2D eigenvalue weighted by Gasteiger charge is 2.12. The van der Waals surface area contributed by atoms with Crippen LogP contribution >= 0.6 is 0 Å². The van der Waals surface area contributed by atoms with Crippen molar-refractivity contribution in [2.24, 2.45) is 4.99 Å². The van der Waals surface area contributed by atoms with E-state index in [0.717, 1.165) is 38.5 Å². The van der Waals surface area contributed by atoms with Crippen molar-refractivity contribution < 1.29 is 9.84 Å². The van der Waals surface area contributed by atoms with Gasteiger partial charge in [0.05, 0.1) is 25.1 Å². The van der Waals surface area contributed by atoms with Gasteiger partial charge in [-0.3, -0.25) is 9.89 Å². The normalized spacial score (nSPS) is 17.7. The van der Waals surface area contributed by atoms with Crippen molar-refractivity contribution in [3.63, 3.8) is 0 Å². The Morgan fingerprint density at radius 3 is 2.94 bits per heavy atom. The van der Waals surface area contributed by atoms with Crippen molar-refractivity contribution in [1.29, 1.82) is 0 Å². The van der Waals surface area contributed by atoms with Gasteiger partial charge in [-0.25, -0.2) is 4.98 Å². The number of hydrogen-bond donors (Lipinski definition) is 1. The Hall–Kier alpha value is -1.46. The predicted molar refractivity (Wildman–Crippen MR) is 65.5 cm³/mol. The Bertz CT molecular complexity index is 401. The molecule has 0 bridgehead atoms. The molecule has 5 nitrogen and oxygen atoms in total. The Labute approximate surface area is 101 Å². The third-order valence-electron chi connectivity index (χ3n) is 2.70. The fourth-order valence-electron chi connectivity index (χ4n) is 1.80. The first-order chi connectivity index (χ1) is 8.29. The molecule has 1 aliphatic rings. The number of aromatic nitrogens is 1. The number of aliphatic imine (C=N–C) groups is 1. The molecule has 0 radical (unpaired) electrons. The number of rotatable bonds is 3. The number of morpholine rings is 1. The smallest absolute Gasteiger partial charge is 0.142 e. The van der Waals surface area contributed by atoms with Crippen molar-refractivity contribution >= 4 is 6.21 Å². The van der Waals surface area contributed by atoms with E-state index in [-0.39, 0.29) is 5.75 Å². The second kappa shape index (κ2) is 5.75.